The molecule has 1 N–H and O–H groups in total. The molecule has 1 aromatic rings. The number of rotatable bonds is 7. The van der Waals surface area contributed by atoms with Gasteiger partial charge >= 0.3 is 11.4 Å². The van der Waals surface area contributed by atoms with Crippen molar-refractivity contribution in [1.82, 2.24) is 14.9 Å². The van der Waals surface area contributed by atoms with Crippen LogP contribution in [0.4, 0.5) is 5.69 Å². The summed E-state index contributed by atoms with van der Waals surface area (Å²) in [5.41, 5.74) is -0.636. The van der Waals surface area contributed by atoms with Gasteiger partial charge in [0.05, 0.1) is 11.1 Å². The Balaban J connectivity index is 2.49. The molecule has 1 rings (SSSR count). The highest BCUT2D eigenvalue weighted by molar-refractivity contribution is 5.20. The van der Waals surface area contributed by atoms with Crippen LogP contribution in [-0.2, 0) is 6.54 Å². The van der Waals surface area contributed by atoms with Gasteiger partial charge < -0.3 is 5.32 Å². The minimum Gasteiger partial charge on any atom is -0.315 e. The average molecular weight is 254 g/mol. The molecule has 0 atom stereocenters. The van der Waals surface area contributed by atoms with Crippen molar-refractivity contribution < 1.29 is 4.92 Å². The smallest absolute Gasteiger partial charge is 0.315 e. The van der Waals surface area contributed by atoms with Gasteiger partial charge in [-0.05, 0) is 18.9 Å². The number of nitrogens with zero attached hydrogens (tertiary/aromatic N) is 3. The van der Waals surface area contributed by atoms with Crippen LogP contribution < -0.4 is 11.0 Å². The van der Waals surface area contributed by atoms with Gasteiger partial charge in [-0.3, -0.25) is 14.7 Å². The molecule has 0 fully saturated rings. The Bertz CT molecular complexity index is 456. The Labute approximate surface area is 105 Å². The number of hydrogen-bond donors (Lipinski definition) is 1. The molecule has 0 aliphatic rings. The summed E-state index contributed by atoms with van der Waals surface area (Å²) in [5, 5.41) is 13.7. The lowest BCUT2D eigenvalue weighted by molar-refractivity contribution is -0.385. The van der Waals surface area contributed by atoms with E-state index in [1.54, 1.807) is 0 Å². The van der Waals surface area contributed by atoms with E-state index < -0.39 is 10.6 Å². The molecule has 0 saturated carbocycles. The maximum Gasteiger partial charge on any atom is 0.348 e. The highest BCUT2D eigenvalue weighted by Crippen LogP contribution is 2.04. The van der Waals surface area contributed by atoms with Crippen molar-refractivity contribution in [3.63, 3.8) is 0 Å². The molecule has 1 heterocycles. The fourth-order valence-electron chi connectivity index (χ4n) is 1.41. The van der Waals surface area contributed by atoms with Crippen LogP contribution in [0.2, 0.25) is 0 Å². The zero-order valence-electron chi connectivity index (χ0n) is 10.6. The summed E-state index contributed by atoms with van der Waals surface area (Å²) in [5.74, 6) is 0.625. The van der Waals surface area contributed by atoms with Crippen molar-refractivity contribution in [1.29, 1.82) is 0 Å². The van der Waals surface area contributed by atoms with Crippen molar-refractivity contribution in [2.75, 3.05) is 13.1 Å². The quantitative estimate of drug-likeness (QED) is 0.441. The summed E-state index contributed by atoms with van der Waals surface area (Å²) >= 11 is 0. The first-order valence-corrected chi connectivity index (χ1v) is 5.92. The van der Waals surface area contributed by atoms with Gasteiger partial charge in [0, 0.05) is 13.1 Å². The fraction of sp³-hybridized carbons (Fsp3) is 0.636. The molecule has 0 spiro atoms. The van der Waals surface area contributed by atoms with Gasteiger partial charge in [-0.2, -0.15) is 4.98 Å². The lowest BCUT2D eigenvalue weighted by Crippen LogP contribution is -2.29. The van der Waals surface area contributed by atoms with Crippen molar-refractivity contribution in [3.05, 3.63) is 33.0 Å². The number of hydrogen-bond acceptors (Lipinski definition) is 5. The van der Waals surface area contributed by atoms with E-state index in [1.807, 2.05) is 0 Å². The Morgan fingerprint density at radius 1 is 1.50 bits per heavy atom. The van der Waals surface area contributed by atoms with Crippen LogP contribution in [0.1, 0.15) is 20.3 Å². The molecule has 7 heteroatoms. The molecule has 0 aliphatic carbocycles. The van der Waals surface area contributed by atoms with E-state index in [2.05, 4.69) is 24.1 Å². The van der Waals surface area contributed by atoms with Crippen LogP contribution in [0.3, 0.4) is 0 Å². The number of nitrogens with one attached hydrogen (secondary N) is 1. The molecule has 0 saturated heterocycles. The molecule has 100 valence electrons. The van der Waals surface area contributed by atoms with E-state index in [0.29, 0.717) is 19.0 Å². The molecular formula is C11H18N4O3. The molecule has 0 radical (unpaired) electrons. The average Bonchev–Trinajstić information content (AvgIpc) is 2.30. The van der Waals surface area contributed by atoms with Gasteiger partial charge in [-0.15, -0.1) is 0 Å². The van der Waals surface area contributed by atoms with Gasteiger partial charge in [0.1, 0.15) is 6.20 Å². The normalized spacial score (nSPS) is 10.8. The maximum atomic E-state index is 11.4. The Kier molecular flexibility index (Phi) is 5.44. The van der Waals surface area contributed by atoms with Gasteiger partial charge in [0.25, 0.3) is 0 Å². The second-order valence-corrected chi connectivity index (χ2v) is 4.48. The standard InChI is InChI=1S/C11H18N4O3/c1-9(2)3-4-12-5-6-14-8-10(15(17)18)7-13-11(14)16/h7-9,12H,3-6H2,1-2H3. The number of aromatic nitrogens is 2. The van der Waals surface area contributed by atoms with Crippen LogP contribution in [0.15, 0.2) is 17.2 Å². The highest BCUT2D eigenvalue weighted by Gasteiger charge is 2.08. The first kappa shape index (κ1) is 14.3. The van der Waals surface area contributed by atoms with E-state index >= 15 is 0 Å². The Morgan fingerprint density at radius 2 is 2.22 bits per heavy atom. The predicted octanol–water partition coefficient (Wildman–Crippen LogP) is 0.787. The third-order valence-corrected chi connectivity index (χ3v) is 2.48. The molecule has 7 nitrogen and oxygen atoms in total. The largest absolute Gasteiger partial charge is 0.348 e. The summed E-state index contributed by atoms with van der Waals surface area (Å²) in [7, 11) is 0. The Morgan fingerprint density at radius 3 is 2.83 bits per heavy atom. The van der Waals surface area contributed by atoms with Crippen LogP contribution in [-0.4, -0.2) is 27.6 Å². The van der Waals surface area contributed by atoms with E-state index in [1.165, 1.54) is 10.8 Å². The third-order valence-electron chi connectivity index (χ3n) is 2.48. The van der Waals surface area contributed by atoms with E-state index in [9.17, 15) is 14.9 Å². The van der Waals surface area contributed by atoms with Crippen LogP contribution >= 0.6 is 0 Å². The summed E-state index contributed by atoms with van der Waals surface area (Å²) in [4.78, 5) is 24.8. The molecule has 0 aromatic carbocycles. The summed E-state index contributed by atoms with van der Waals surface area (Å²) in [6, 6.07) is 0. The van der Waals surface area contributed by atoms with Crippen molar-refractivity contribution in [2.24, 2.45) is 5.92 Å². The summed E-state index contributed by atoms with van der Waals surface area (Å²) in [6.45, 7) is 6.11. The van der Waals surface area contributed by atoms with Crippen LogP contribution in [0, 0.1) is 16.0 Å². The van der Waals surface area contributed by atoms with Gasteiger partial charge in [-0.25, -0.2) is 4.79 Å². The SMILES string of the molecule is CC(C)CCNCCn1cc([N+](=O)[O-])cnc1=O. The first-order valence-electron chi connectivity index (χ1n) is 5.92. The topological polar surface area (TPSA) is 90.1 Å². The molecule has 0 aliphatic heterocycles. The second kappa shape index (κ2) is 6.85. The molecule has 0 bridgehead atoms. The zero-order valence-corrected chi connectivity index (χ0v) is 10.6. The third kappa shape index (κ3) is 4.62. The molecule has 0 unspecified atom stereocenters. The van der Waals surface area contributed by atoms with E-state index in [4.69, 9.17) is 0 Å². The monoisotopic (exact) mass is 254 g/mol. The molecule has 0 amide bonds. The van der Waals surface area contributed by atoms with Crippen molar-refractivity contribution >= 4 is 5.69 Å². The highest BCUT2D eigenvalue weighted by atomic mass is 16.6. The first-order chi connectivity index (χ1) is 8.50. The fourth-order valence-corrected chi connectivity index (χ4v) is 1.41. The van der Waals surface area contributed by atoms with Crippen molar-refractivity contribution in [2.45, 2.75) is 26.8 Å². The lowest BCUT2D eigenvalue weighted by Gasteiger charge is -2.07. The van der Waals surface area contributed by atoms with Gasteiger partial charge in [0.2, 0.25) is 0 Å². The summed E-state index contributed by atoms with van der Waals surface area (Å²) in [6.07, 6.45) is 3.26. The molecular weight excluding hydrogens is 236 g/mol. The molecule has 1 aromatic heterocycles. The Hall–Kier alpha value is -1.76. The minimum absolute atomic E-state index is 0.170. The van der Waals surface area contributed by atoms with E-state index in [-0.39, 0.29) is 5.69 Å². The number of nitro groups is 1. The van der Waals surface area contributed by atoms with Gasteiger partial charge in [-0.1, -0.05) is 13.8 Å². The minimum atomic E-state index is -0.560. The van der Waals surface area contributed by atoms with Crippen LogP contribution in [0.25, 0.3) is 0 Å². The molecule has 18 heavy (non-hydrogen) atoms. The van der Waals surface area contributed by atoms with E-state index in [0.717, 1.165) is 19.2 Å². The lowest BCUT2D eigenvalue weighted by atomic mass is 10.1. The predicted molar refractivity (Wildman–Crippen MR) is 67.5 cm³/mol. The van der Waals surface area contributed by atoms with Crippen LogP contribution in [0.5, 0.6) is 0 Å². The second-order valence-electron chi connectivity index (χ2n) is 4.48. The summed E-state index contributed by atoms with van der Waals surface area (Å²) < 4.78 is 1.25. The van der Waals surface area contributed by atoms with Crippen molar-refractivity contribution in [3.8, 4) is 0 Å². The van der Waals surface area contributed by atoms with Gasteiger partial charge in [0.15, 0.2) is 0 Å². The zero-order chi connectivity index (χ0) is 13.5. The maximum absolute atomic E-state index is 11.4.